The van der Waals surface area contributed by atoms with Crippen LogP contribution in [0.5, 0.6) is 0 Å². The molecule has 2 heterocycles. The van der Waals surface area contributed by atoms with Gasteiger partial charge in [0.05, 0.1) is 11.3 Å². The van der Waals surface area contributed by atoms with E-state index in [4.69, 9.17) is 5.11 Å². The van der Waals surface area contributed by atoms with Crippen LogP contribution in [-0.4, -0.2) is 27.0 Å². The maximum absolute atomic E-state index is 10.8. The third-order valence-corrected chi connectivity index (χ3v) is 3.10. The van der Waals surface area contributed by atoms with Crippen LogP contribution in [0.15, 0.2) is 12.3 Å². The Balaban J connectivity index is 1.89. The van der Waals surface area contributed by atoms with E-state index in [2.05, 4.69) is 9.88 Å². The van der Waals surface area contributed by atoms with E-state index in [0.29, 0.717) is 11.6 Å². The molecule has 1 aliphatic carbocycles. The van der Waals surface area contributed by atoms with E-state index in [1.54, 1.807) is 6.07 Å². The third kappa shape index (κ3) is 1.51. The van der Waals surface area contributed by atoms with Crippen molar-refractivity contribution in [1.82, 2.24) is 9.88 Å². The summed E-state index contributed by atoms with van der Waals surface area (Å²) in [6, 6.07) is 2.47. The average molecular weight is 204 g/mol. The van der Waals surface area contributed by atoms with Gasteiger partial charge in [0.15, 0.2) is 0 Å². The normalized spacial score (nSPS) is 20.3. The van der Waals surface area contributed by atoms with Gasteiger partial charge in [-0.2, -0.15) is 0 Å². The van der Waals surface area contributed by atoms with Crippen LogP contribution >= 0.6 is 0 Å². The minimum absolute atomic E-state index is 0.298. The van der Waals surface area contributed by atoms with Crippen molar-refractivity contribution in [2.75, 3.05) is 0 Å². The predicted octanol–water partition coefficient (Wildman–Crippen LogP) is 1.26. The first-order valence-corrected chi connectivity index (χ1v) is 5.19. The zero-order valence-electron chi connectivity index (χ0n) is 8.31. The van der Waals surface area contributed by atoms with Crippen molar-refractivity contribution in [3.63, 3.8) is 0 Å². The van der Waals surface area contributed by atoms with Gasteiger partial charge in [0.1, 0.15) is 0 Å². The highest BCUT2D eigenvalue weighted by atomic mass is 16.4. The van der Waals surface area contributed by atoms with E-state index in [1.807, 2.05) is 0 Å². The maximum Gasteiger partial charge on any atom is 0.337 e. The van der Waals surface area contributed by atoms with Crippen molar-refractivity contribution in [2.45, 2.75) is 32.0 Å². The zero-order valence-corrected chi connectivity index (χ0v) is 8.31. The lowest BCUT2D eigenvalue weighted by molar-refractivity contribution is 0.0696. The van der Waals surface area contributed by atoms with Crippen molar-refractivity contribution in [2.24, 2.45) is 0 Å². The van der Waals surface area contributed by atoms with Crippen molar-refractivity contribution >= 4 is 5.97 Å². The molecule has 0 amide bonds. The number of carboxylic acids is 1. The van der Waals surface area contributed by atoms with Crippen LogP contribution in [0.1, 0.15) is 34.5 Å². The second kappa shape index (κ2) is 3.03. The van der Waals surface area contributed by atoms with E-state index in [0.717, 1.165) is 24.3 Å². The van der Waals surface area contributed by atoms with Gasteiger partial charge in [-0.1, -0.05) is 0 Å². The van der Waals surface area contributed by atoms with E-state index < -0.39 is 5.97 Å². The number of fused-ring (bicyclic) bond motifs is 1. The molecule has 4 nitrogen and oxygen atoms in total. The van der Waals surface area contributed by atoms with Gasteiger partial charge < -0.3 is 5.11 Å². The molecule has 78 valence electrons. The van der Waals surface area contributed by atoms with Crippen LogP contribution in [0, 0.1) is 0 Å². The summed E-state index contributed by atoms with van der Waals surface area (Å²) in [5.74, 6) is -0.893. The van der Waals surface area contributed by atoms with E-state index >= 15 is 0 Å². The van der Waals surface area contributed by atoms with Gasteiger partial charge in [-0.15, -0.1) is 0 Å². The Hall–Kier alpha value is -1.42. The number of aromatic nitrogens is 1. The van der Waals surface area contributed by atoms with Gasteiger partial charge in [0, 0.05) is 25.3 Å². The van der Waals surface area contributed by atoms with E-state index in [-0.39, 0.29) is 0 Å². The van der Waals surface area contributed by atoms with Gasteiger partial charge in [-0.25, -0.2) is 4.79 Å². The summed E-state index contributed by atoms with van der Waals surface area (Å²) in [6.45, 7) is 1.76. The molecule has 1 aromatic rings. The van der Waals surface area contributed by atoms with Crippen molar-refractivity contribution < 1.29 is 9.90 Å². The molecular formula is C11H12N2O2. The second-order valence-electron chi connectivity index (χ2n) is 4.27. The quantitative estimate of drug-likeness (QED) is 0.787. The fraction of sp³-hybridized carbons (Fsp3) is 0.455. The van der Waals surface area contributed by atoms with Crippen LogP contribution in [0.4, 0.5) is 0 Å². The Labute approximate surface area is 87.5 Å². The van der Waals surface area contributed by atoms with Crippen molar-refractivity contribution in [3.05, 3.63) is 29.1 Å². The summed E-state index contributed by atoms with van der Waals surface area (Å²) in [5.41, 5.74) is 2.43. The first-order chi connectivity index (χ1) is 7.24. The smallest absolute Gasteiger partial charge is 0.337 e. The van der Waals surface area contributed by atoms with Crippen LogP contribution in [0.25, 0.3) is 0 Å². The van der Waals surface area contributed by atoms with Crippen LogP contribution in [0.2, 0.25) is 0 Å². The molecule has 1 aromatic heterocycles. The standard InChI is InChI=1S/C11H12N2O2/c14-11(15)7-3-8-5-13(9-1-2-9)6-10(8)12-4-7/h3-4,9H,1-2,5-6H2,(H,14,15). The monoisotopic (exact) mass is 204 g/mol. The summed E-state index contributed by atoms with van der Waals surface area (Å²) < 4.78 is 0. The molecule has 0 unspecified atom stereocenters. The molecule has 0 saturated heterocycles. The van der Waals surface area contributed by atoms with Crippen molar-refractivity contribution in [1.29, 1.82) is 0 Å². The van der Waals surface area contributed by atoms with E-state index in [9.17, 15) is 4.79 Å². The number of nitrogens with zero attached hydrogens (tertiary/aromatic N) is 2. The number of carbonyl (C=O) groups is 1. The maximum atomic E-state index is 10.8. The van der Waals surface area contributed by atoms with Gasteiger partial charge in [-0.05, 0) is 24.5 Å². The van der Waals surface area contributed by atoms with E-state index in [1.165, 1.54) is 19.0 Å². The summed E-state index contributed by atoms with van der Waals surface area (Å²) in [6.07, 6.45) is 4.01. The topological polar surface area (TPSA) is 53.4 Å². The number of pyridine rings is 1. The molecular weight excluding hydrogens is 192 g/mol. The molecule has 4 heteroatoms. The molecule has 0 radical (unpaired) electrons. The fourth-order valence-electron chi connectivity index (χ4n) is 2.10. The highest BCUT2D eigenvalue weighted by molar-refractivity contribution is 5.87. The molecule has 0 aromatic carbocycles. The van der Waals surface area contributed by atoms with Crippen LogP contribution in [0.3, 0.4) is 0 Å². The largest absolute Gasteiger partial charge is 0.478 e. The number of hydrogen-bond acceptors (Lipinski definition) is 3. The van der Waals surface area contributed by atoms with Gasteiger partial charge in [0.2, 0.25) is 0 Å². The molecule has 1 aliphatic heterocycles. The molecule has 1 N–H and O–H groups in total. The molecule has 0 atom stereocenters. The van der Waals surface area contributed by atoms with Gasteiger partial charge >= 0.3 is 5.97 Å². The predicted molar refractivity (Wildman–Crippen MR) is 53.5 cm³/mol. The molecule has 1 fully saturated rings. The highest BCUT2D eigenvalue weighted by Gasteiger charge is 2.33. The Morgan fingerprint density at radius 1 is 1.47 bits per heavy atom. The molecule has 15 heavy (non-hydrogen) atoms. The lowest BCUT2D eigenvalue weighted by atomic mass is 10.2. The fourth-order valence-corrected chi connectivity index (χ4v) is 2.10. The average Bonchev–Trinajstić information content (AvgIpc) is 2.97. The van der Waals surface area contributed by atoms with Crippen LogP contribution < -0.4 is 0 Å². The Kier molecular flexibility index (Phi) is 1.79. The zero-order chi connectivity index (χ0) is 10.4. The minimum Gasteiger partial charge on any atom is -0.478 e. The first kappa shape index (κ1) is 8.85. The lowest BCUT2D eigenvalue weighted by Gasteiger charge is -2.11. The molecule has 0 bridgehead atoms. The summed E-state index contributed by atoms with van der Waals surface area (Å²) in [5, 5.41) is 8.85. The summed E-state index contributed by atoms with van der Waals surface area (Å²) >= 11 is 0. The van der Waals surface area contributed by atoms with Crippen molar-refractivity contribution in [3.8, 4) is 0 Å². The Morgan fingerprint density at radius 2 is 2.27 bits per heavy atom. The molecule has 0 spiro atoms. The lowest BCUT2D eigenvalue weighted by Crippen LogP contribution is -2.18. The Morgan fingerprint density at radius 3 is 2.93 bits per heavy atom. The highest BCUT2D eigenvalue weighted by Crippen LogP contribution is 2.33. The third-order valence-electron chi connectivity index (χ3n) is 3.10. The molecule has 1 saturated carbocycles. The second-order valence-corrected chi connectivity index (χ2v) is 4.27. The number of aromatic carboxylic acids is 1. The number of rotatable bonds is 2. The number of carboxylic acid groups (broad SMARTS) is 1. The van der Waals surface area contributed by atoms with Gasteiger partial charge in [-0.3, -0.25) is 9.88 Å². The Bertz CT molecular complexity index is 427. The summed E-state index contributed by atoms with van der Waals surface area (Å²) in [7, 11) is 0. The number of hydrogen-bond donors (Lipinski definition) is 1. The minimum atomic E-state index is -0.893. The molecule has 2 aliphatic rings. The molecule has 3 rings (SSSR count). The van der Waals surface area contributed by atoms with Crippen LogP contribution in [-0.2, 0) is 13.1 Å². The first-order valence-electron chi connectivity index (χ1n) is 5.19. The summed E-state index contributed by atoms with van der Waals surface area (Å²) in [4.78, 5) is 17.4. The SMILES string of the molecule is O=C(O)c1cnc2c(c1)CN(C1CC1)C2. The van der Waals surface area contributed by atoms with Gasteiger partial charge in [0.25, 0.3) is 0 Å².